The van der Waals surface area contributed by atoms with E-state index in [4.69, 9.17) is 10.5 Å². The number of aryl methyl sites for hydroxylation is 1. The van der Waals surface area contributed by atoms with E-state index in [1.807, 2.05) is 41.0 Å². The highest BCUT2D eigenvalue weighted by Crippen LogP contribution is 2.32. The number of carbonyl (C=O) groups is 2. The van der Waals surface area contributed by atoms with Gasteiger partial charge in [-0.05, 0) is 30.9 Å². The van der Waals surface area contributed by atoms with Crippen LogP contribution in [-0.4, -0.2) is 67.6 Å². The Morgan fingerprint density at radius 1 is 1.08 bits per heavy atom. The zero-order chi connectivity index (χ0) is 18.6. The monoisotopic (exact) mass is 359 g/mol. The summed E-state index contributed by atoms with van der Waals surface area (Å²) in [4.78, 5) is 29.4. The largest absolute Gasteiger partial charge is 0.381 e. The molecule has 26 heavy (non-hydrogen) atoms. The topological polar surface area (TPSA) is 75.9 Å². The highest BCUT2D eigenvalue weighted by Gasteiger charge is 2.42. The van der Waals surface area contributed by atoms with E-state index in [1.165, 1.54) is 0 Å². The molecule has 2 saturated heterocycles. The van der Waals surface area contributed by atoms with E-state index in [1.54, 1.807) is 0 Å². The predicted molar refractivity (Wildman–Crippen MR) is 99.6 cm³/mol. The van der Waals surface area contributed by atoms with Crippen molar-refractivity contribution in [2.75, 3.05) is 45.9 Å². The number of amides is 2. The molecule has 6 heteroatoms. The Hall–Kier alpha value is -1.92. The van der Waals surface area contributed by atoms with Crippen LogP contribution in [0.1, 0.15) is 24.0 Å². The molecule has 0 atom stereocenters. The zero-order valence-corrected chi connectivity index (χ0v) is 15.6. The van der Waals surface area contributed by atoms with Crippen molar-refractivity contribution in [1.82, 2.24) is 9.80 Å². The molecule has 6 nitrogen and oxygen atoms in total. The molecule has 2 amide bonds. The van der Waals surface area contributed by atoms with Gasteiger partial charge in [-0.25, -0.2) is 0 Å². The highest BCUT2D eigenvalue weighted by atomic mass is 16.5. The quantitative estimate of drug-likeness (QED) is 0.869. The first-order valence-electron chi connectivity index (χ1n) is 9.45. The molecule has 0 radical (unpaired) electrons. The van der Waals surface area contributed by atoms with Crippen LogP contribution in [0.2, 0.25) is 0 Å². The van der Waals surface area contributed by atoms with Gasteiger partial charge < -0.3 is 20.3 Å². The van der Waals surface area contributed by atoms with Gasteiger partial charge in [0.2, 0.25) is 11.8 Å². The Labute approximate surface area is 155 Å². The van der Waals surface area contributed by atoms with Crippen LogP contribution in [0.15, 0.2) is 24.3 Å². The predicted octanol–water partition coefficient (Wildman–Crippen LogP) is 0.964. The van der Waals surface area contributed by atoms with Crippen molar-refractivity contribution in [3.8, 4) is 0 Å². The van der Waals surface area contributed by atoms with E-state index in [-0.39, 0.29) is 11.8 Å². The fourth-order valence-electron chi connectivity index (χ4n) is 3.84. The van der Waals surface area contributed by atoms with Gasteiger partial charge in [0.05, 0.1) is 11.8 Å². The molecule has 2 N–H and O–H groups in total. The fourth-order valence-corrected chi connectivity index (χ4v) is 3.84. The van der Waals surface area contributed by atoms with Gasteiger partial charge in [-0.3, -0.25) is 9.59 Å². The van der Waals surface area contributed by atoms with Crippen molar-refractivity contribution in [2.24, 2.45) is 11.1 Å². The maximum atomic E-state index is 13.0. The summed E-state index contributed by atoms with van der Waals surface area (Å²) in [5.74, 6) is 0.264. The lowest BCUT2D eigenvalue weighted by atomic mass is 9.78. The van der Waals surface area contributed by atoms with Gasteiger partial charge in [-0.2, -0.15) is 0 Å². The number of nitrogens with two attached hydrogens (primary N) is 1. The smallest absolute Gasteiger partial charge is 0.230 e. The van der Waals surface area contributed by atoms with Gasteiger partial charge in [-0.15, -0.1) is 0 Å². The summed E-state index contributed by atoms with van der Waals surface area (Å²) in [6.07, 6.45) is 1.80. The Bertz CT molecular complexity index is 647. The van der Waals surface area contributed by atoms with Crippen LogP contribution < -0.4 is 5.73 Å². The second-order valence-electron chi connectivity index (χ2n) is 7.37. The van der Waals surface area contributed by atoms with E-state index >= 15 is 0 Å². The minimum atomic E-state index is -0.481. The van der Waals surface area contributed by atoms with Gasteiger partial charge in [-0.1, -0.05) is 24.3 Å². The molecule has 0 bridgehead atoms. The van der Waals surface area contributed by atoms with Gasteiger partial charge in [0.15, 0.2) is 0 Å². The molecule has 2 heterocycles. The van der Waals surface area contributed by atoms with Crippen LogP contribution in [0.4, 0.5) is 0 Å². The first kappa shape index (κ1) is 18.9. The fraction of sp³-hybridized carbons (Fsp3) is 0.600. The lowest BCUT2D eigenvalue weighted by Gasteiger charge is -2.42. The van der Waals surface area contributed by atoms with E-state index < -0.39 is 5.41 Å². The minimum absolute atomic E-state index is 0.131. The van der Waals surface area contributed by atoms with Crippen molar-refractivity contribution < 1.29 is 14.3 Å². The number of hydrogen-bond acceptors (Lipinski definition) is 4. The average Bonchev–Trinajstić information content (AvgIpc) is 2.69. The molecule has 0 aromatic heterocycles. The summed E-state index contributed by atoms with van der Waals surface area (Å²) in [6.45, 7) is 5.93. The van der Waals surface area contributed by atoms with Crippen LogP contribution >= 0.6 is 0 Å². The van der Waals surface area contributed by atoms with Crippen molar-refractivity contribution in [1.29, 1.82) is 0 Å². The van der Waals surface area contributed by atoms with E-state index in [0.717, 1.165) is 11.1 Å². The van der Waals surface area contributed by atoms with E-state index in [9.17, 15) is 9.59 Å². The molecule has 0 unspecified atom stereocenters. The molecule has 2 aliphatic rings. The van der Waals surface area contributed by atoms with Crippen molar-refractivity contribution in [3.63, 3.8) is 0 Å². The lowest BCUT2D eigenvalue weighted by Crippen LogP contribution is -2.57. The Balaban J connectivity index is 1.56. The van der Waals surface area contributed by atoms with Crippen molar-refractivity contribution in [2.45, 2.75) is 26.2 Å². The molecule has 2 aliphatic heterocycles. The number of rotatable bonds is 4. The number of nitrogens with zero attached hydrogens (tertiary/aromatic N) is 2. The summed E-state index contributed by atoms with van der Waals surface area (Å²) < 4.78 is 5.40. The first-order valence-corrected chi connectivity index (χ1v) is 9.45. The van der Waals surface area contributed by atoms with Crippen molar-refractivity contribution in [3.05, 3.63) is 35.4 Å². The molecule has 1 aromatic carbocycles. The molecular weight excluding hydrogens is 330 g/mol. The zero-order valence-electron chi connectivity index (χ0n) is 15.6. The average molecular weight is 359 g/mol. The maximum Gasteiger partial charge on any atom is 0.230 e. The van der Waals surface area contributed by atoms with Crippen LogP contribution in [0.5, 0.6) is 0 Å². The number of carbonyl (C=O) groups excluding carboxylic acids is 2. The van der Waals surface area contributed by atoms with E-state index in [0.29, 0.717) is 65.2 Å². The second kappa shape index (κ2) is 8.18. The minimum Gasteiger partial charge on any atom is -0.381 e. The van der Waals surface area contributed by atoms with Gasteiger partial charge >= 0.3 is 0 Å². The SMILES string of the molecule is Cc1ccccc1CC(=O)N1CCN(C(=O)C2(CN)CCOCC2)CC1. The number of benzene rings is 1. The Morgan fingerprint density at radius 3 is 2.31 bits per heavy atom. The van der Waals surface area contributed by atoms with Gasteiger partial charge in [0.25, 0.3) is 0 Å². The molecular formula is C20H29N3O3. The summed E-state index contributed by atoms with van der Waals surface area (Å²) >= 11 is 0. The van der Waals surface area contributed by atoms with Crippen LogP contribution in [0.25, 0.3) is 0 Å². The van der Waals surface area contributed by atoms with Crippen LogP contribution in [0.3, 0.4) is 0 Å². The molecule has 0 saturated carbocycles. The normalized spacial score (nSPS) is 20.1. The molecule has 142 valence electrons. The summed E-state index contributed by atoms with van der Waals surface area (Å²) in [5.41, 5.74) is 7.68. The van der Waals surface area contributed by atoms with Crippen LogP contribution in [0, 0.1) is 12.3 Å². The lowest BCUT2D eigenvalue weighted by molar-refractivity contribution is -0.151. The Morgan fingerprint density at radius 2 is 1.69 bits per heavy atom. The van der Waals surface area contributed by atoms with Crippen LogP contribution in [-0.2, 0) is 20.7 Å². The third-order valence-corrected chi connectivity index (χ3v) is 5.82. The third kappa shape index (κ3) is 3.91. The van der Waals surface area contributed by atoms with E-state index in [2.05, 4.69) is 0 Å². The summed E-state index contributed by atoms with van der Waals surface area (Å²) in [5, 5.41) is 0. The number of piperazine rings is 1. The van der Waals surface area contributed by atoms with Gasteiger partial charge in [0, 0.05) is 45.9 Å². The molecule has 0 aliphatic carbocycles. The molecule has 1 aromatic rings. The number of hydrogen-bond donors (Lipinski definition) is 1. The third-order valence-electron chi connectivity index (χ3n) is 5.82. The Kier molecular flexibility index (Phi) is 5.94. The molecule has 0 spiro atoms. The molecule has 3 rings (SSSR count). The standard InChI is InChI=1S/C20H29N3O3/c1-16-4-2-3-5-17(16)14-18(24)22-8-10-23(11-9-22)19(25)20(15-21)6-12-26-13-7-20/h2-5H,6-15,21H2,1H3. The molecule has 2 fully saturated rings. The van der Waals surface area contributed by atoms with Crippen molar-refractivity contribution >= 4 is 11.8 Å². The summed E-state index contributed by atoms with van der Waals surface area (Å²) in [7, 11) is 0. The van der Waals surface area contributed by atoms with Gasteiger partial charge in [0.1, 0.15) is 0 Å². The maximum absolute atomic E-state index is 13.0. The highest BCUT2D eigenvalue weighted by molar-refractivity contribution is 5.84. The summed E-state index contributed by atoms with van der Waals surface area (Å²) in [6, 6.07) is 7.98. The number of ether oxygens (including phenoxy) is 1. The first-order chi connectivity index (χ1) is 12.6. The second-order valence-corrected chi connectivity index (χ2v) is 7.37.